The summed E-state index contributed by atoms with van der Waals surface area (Å²) in [6.45, 7) is 4.04. The van der Waals surface area contributed by atoms with Gasteiger partial charge in [0.1, 0.15) is 5.82 Å². The van der Waals surface area contributed by atoms with Gasteiger partial charge in [0.05, 0.1) is 10.5 Å². The SMILES string of the molecule is C[C@@H]1CN(c2ccc(C(F)(F)F)c(F)c2)C[C@H](C)N1S(=O)(=O)c1cccc2c1CCC2. The van der Waals surface area contributed by atoms with Crippen LogP contribution in [0.4, 0.5) is 23.2 Å². The lowest BCUT2D eigenvalue weighted by molar-refractivity contribution is -0.139. The minimum absolute atomic E-state index is 0.253. The quantitative estimate of drug-likeness (QED) is 0.633. The Morgan fingerprint density at radius 3 is 2.29 bits per heavy atom. The number of anilines is 1. The molecule has 1 heterocycles. The lowest BCUT2D eigenvalue weighted by atomic mass is 10.1. The van der Waals surface area contributed by atoms with E-state index < -0.39 is 39.7 Å². The van der Waals surface area contributed by atoms with E-state index in [1.165, 1.54) is 10.4 Å². The Morgan fingerprint density at radius 2 is 1.68 bits per heavy atom. The molecule has 1 aliphatic carbocycles. The van der Waals surface area contributed by atoms with Crippen molar-refractivity contribution in [2.45, 2.75) is 56.3 Å². The van der Waals surface area contributed by atoms with Crippen molar-refractivity contribution in [2.75, 3.05) is 18.0 Å². The average Bonchev–Trinajstić information content (AvgIpc) is 3.14. The Labute approximate surface area is 179 Å². The number of benzene rings is 2. The first kappa shape index (κ1) is 22.1. The highest BCUT2D eigenvalue weighted by Gasteiger charge is 2.40. The number of nitrogens with zero attached hydrogens (tertiary/aromatic N) is 2. The van der Waals surface area contributed by atoms with Crippen LogP contribution in [0, 0.1) is 5.82 Å². The van der Waals surface area contributed by atoms with E-state index in [0.29, 0.717) is 10.6 Å². The molecule has 1 aliphatic heterocycles. The first-order valence-electron chi connectivity index (χ1n) is 10.3. The monoisotopic (exact) mass is 456 g/mol. The molecule has 4 rings (SSSR count). The molecule has 0 bridgehead atoms. The van der Waals surface area contributed by atoms with Gasteiger partial charge in [0.25, 0.3) is 0 Å². The van der Waals surface area contributed by atoms with Gasteiger partial charge in [-0.1, -0.05) is 12.1 Å². The molecule has 168 valence electrons. The Kier molecular flexibility index (Phi) is 5.54. The van der Waals surface area contributed by atoms with Gasteiger partial charge in [-0.15, -0.1) is 0 Å². The third-order valence-corrected chi connectivity index (χ3v) is 8.33. The fourth-order valence-electron chi connectivity index (χ4n) is 4.86. The number of rotatable bonds is 3. The molecule has 0 unspecified atom stereocenters. The van der Waals surface area contributed by atoms with Crippen LogP contribution in [0.2, 0.25) is 0 Å². The maximum Gasteiger partial charge on any atom is 0.419 e. The van der Waals surface area contributed by atoms with Crippen molar-refractivity contribution < 1.29 is 26.0 Å². The van der Waals surface area contributed by atoms with Crippen molar-refractivity contribution in [1.29, 1.82) is 0 Å². The minimum Gasteiger partial charge on any atom is -0.368 e. The van der Waals surface area contributed by atoms with Gasteiger partial charge >= 0.3 is 6.18 Å². The summed E-state index contributed by atoms with van der Waals surface area (Å²) in [7, 11) is -3.74. The highest BCUT2D eigenvalue weighted by atomic mass is 32.2. The molecule has 0 spiro atoms. The van der Waals surface area contributed by atoms with Gasteiger partial charge in [0, 0.05) is 30.9 Å². The van der Waals surface area contributed by atoms with Crippen LogP contribution in [0.1, 0.15) is 37.0 Å². The van der Waals surface area contributed by atoms with Crippen molar-refractivity contribution in [3.8, 4) is 0 Å². The van der Waals surface area contributed by atoms with E-state index in [0.717, 1.165) is 42.5 Å². The Hall–Kier alpha value is -2.13. The van der Waals surface area contributed by atoms with Crippen molar-refractivity contribution in [3.63, 3.8) is 0 Å². The maximum absolute atomic E-state index is 14.1. The van der Waals surface area contributed by atoms with Crippen LogP contribution in [-0.4, -0.2) is 37.9 Å². The fraction of sp³-hybridized carbons (Fsp3) is 0.455. The average molecular weight is 457 g/mol. The van der Waals surface area contributed by atoms with Crippen molar-refractivity contribution in [3.05, 3.63) is 58.9 Å². The lowest BCUT2D eigenvalue weighted by Crippen LogP contribution is -2.58. The lowest BCUT2D eigenvalue weighted by Gasteiger charge is -2.44. The van der Waals surface area contributed by atoms with Gasteiger partial charge in [-0.05, 0) is 68.5 Å². The normalized spacial score (nSPS) is 22.6. The van der Waals surface area contributed by atoms with Gasteiger partial charge in [-0.3, -0.25) is 0 Å². The zero-order valence-corrected chi connectivity index (χ0v) is 18.1. The first-order chi connectivity index (χ1) is 14.5. The molecule has 0 radical (unpaired) electrons. The van der Waals surface area contributed by atoms with E-state index in [-0.39, 0.29) is 13.1 Å². The van der Waals surface area contributed by atoms with E-state index in [9.17, 15) is 26.0 Å². The van der Waals surface area contributed by atoms with Gasteiger partial charge < -0.3 is 4.90 Å². The summed E-state index contributed by atoms with van der Waals surface area (Å²) in [6, 6.07) is 7.36. The van der Waals surface area contributed by atoms with E-state index in [4.69, 9.17) is 0 Å². The molecular weight excluding hydrogens is 432 g/mol. The molecule has 0 saturated carbocycles. The highest BCUT2D eigenvalue weighted by molar-refractivity contribution is 7.89. The zero-order chi connectivity index (χ0) is 22.6. The number of piperazine rings is 1. The molecule has 2 atom stereocenters. The van der Waals surface area contributed by atoms with Gasteiger partial charge in [0.2, 0.25) is 10.0 Å². The predicted octanol–water partition coefficient (Wildman–Crippen LogP) is 4.62. The van der Waals surface area contributed by atoms with Crippen LogP contribution in [0.15, 0.2) is 41.3 Å². The minimum atomic E-state index is -4.76. The zero-order valence-electron chi connectivity index (χ0n) is 17.3. The summed E-state index contributed by atoms with van der Waals surface area (Å²) in [5, 5.41) is 0. The second kappa shape index (κ2) is 7.78. The maximum atomic E-state index is 14.1. The van der Waals surface area contributed by atoms with Crippen LogP contribution >= 0.6 is 0 Å². The molecule has 1 fully saturated rings. The van der Waals surface area contributed by atoms with E-state index in [1.807, 2.05) is 6.07 Å². The molecule has 0 N–H and O–H groups in total. The van der Waals surface area contributed by atoms with E-state index in [2.05, 4.69) is 0 Å². The third kappa shape index (κ3) is 3.93. The number of hydrogen-bond donors (Lipinski definition) is 0. The number of hydrogen-bond acceptors (Lipinski definition) is 3. The largest absolute Gasteiger partial charge is 0.419 e. The number of alkyl halides is 3. The summed E-state index contributed by atoms with van der Waals surface area (Å²) in [5.74, 6) is -1.33. The predicted molar refractivity (Wildman–Crippen MR) is 110 cm³/mol. The molecule has 4 nitrogen and oxygen atoms in total. The number of halogens is 4. The Balaban J connectivity index is 1.61. The number of fused-ring (bicyclic) bond motifs is 1. The number of aryl methyl sites for hydroxylation is 1. The van der Waals surface area contributed by atoms with Gasteiger partial charge in [-0.2, -0.15) is 17.5 Å². The fourth-order valence-corrected chi connectivity index (χ4v) is 6.97. The second-order valence-electron chi connectivity index (χ2n) is 8.35. The van der Waals surface area contributed by atoms with Gasteiger partial charge in [0.15, 0.2) is 0 Å². The second-order valence-corrected chi connectivity index (χ2v) is 10.2. The molecule has 2 aromatic rings. The third-order valence-electron chi connectivity index (χ3n) is 6.12. The van der Waals surface area contributed by atoms with Crippen LogP contribution in [0.3, 0.4) is 0 Å². The van der Waals surface area contributed by atoms with Crippen LogP contribution in [0.5, 0.6) is 0 Å². The molecule has 31 heavy (non-hydrogen) atoms. The Morgan fingerprint density at radius 1 is 1.00 bits per heavy atom. The van der Waals surface area contributed by atoms with Crippen molar-refractivity contribution in [1.82, 2.24) is 4.31 Å². The first-order valence-corrected chi connectivity index (χ1v) is 11.7. The summed E-state index contributed by atoms with van der Waals surface area (Å²) in [6.07, 6.45) is -2.22. The molecule has 2 aliphatic rings. The summed E-state index contributed by atoms with van der Waals surface area (Å²) >= 11 is 0. The molecule has 1 saturated heterocycles. The highest BCUT2D eigenvalue weighted by Crippen LogP contribution is 2.36. The van der Waals surface area contributed by atoms with Crippen LogP contribution in [-0.2, 0) is 29.0 Å². The van der Waals surface area contributed by atoms with Gasteiger partial charge in [-0.25, -0.2) is 12.8 Å². The van der Waals surface area contributed by atoms with Crippen molar-refractivity contribution >= 4 is 15.7 Å². The topological polar surface area (TPSA) is 40.6 Å². The van der Waals surface area contributed by atoms with E-state index >= 15 is 0 Å². The molecule has 0 amide bonds. The van der Waals surface area contributed by atoms with Crippen LogP contribution < -0.4 is 4.90 Å². The summed E-state index contributed by atoms with van der Waals surface area (Å²) in [5.41, 5.74) is 0.952. The molecule has 0 aromatic heterocycles. The smallest absolute Gasteiger partial charge is 0.368 e. The Bertz CT molecular complexity index is 1090. The van der Waals surface area contributed by atoms with E-state index in [1.54, 1.807) is 30.9 Å². The van der Waals surface area contributed by atoms with Crippen LogP contribution in [0.25, 0.3) is 0 Å². The molecular formula is C22H24F4N2O2S. The standard InChI is InChI=1S/C22H24F4N2O2S/c1-14-12-27(17-9-10-19(20(23)11-17)22(24,25)26)13-15(2)28(14)31(29,30)21-8-4-6-16-5-3-7-18(16)21/h4,6,8-11,14-15H,3,5,7,12-13H2,1-2H3/t14-,15+. The molecule has 9 heteroatoms. The molecule has 2 aromatic carbocycles. The summed E-state index contributed by atoms with van der Waals surface area (Å²) < 4.78 is 81.2. The summed E-state index contributed by atoms with van der Waals surface area (Å²) in [4.78, 5) is 2.08. The van der Waals surface area contributed by atoms with Crippen molar-refractivity contribution in [2.24, 2.45) is 0 Å². The number of sulfonamides is 1.